The Labute approximate surface area is 172 Å². The molecule has 3 heterocycles. The van der Waals surface area contributed by atoms with Gasteiger partial charge in [-0.25, -0.2) is 4.98 Å². The molecule has 0 spiro atoms. The van der Waals surface area contributed by atoms with Crippen LogP contribution < -0.4 is 4.72 Å². The molecule has 28 heavy (non-hydrogen) atoms. The predicted molar refractivity (Wildman–Crippen MR) is 113 cm³/mol. The van der Waals surface area contributed by atoms with Crippen LogP contribution in [0.15, 0.2) is 28.7 Å². The van der Waals surface area contributed by atoms with Gasteiger partial charge in [-0.15, -0.1) is 11.3 Å². The highest BCUT2D eigenvalue weighted by Crippen LogP contribution is 2.36. The number of benzene rings is 1. The molecule has 8 heteroatoms. The number of nitriles is 2. The van der Waals surface area contributed by atoms with Crippen molar-refractivity contribution >= 4 is 39.9 Å². The van der Waals surface area contributed by atoms with Crippen molar-refractivity contribution in [1.29, 1.82) is 10.5 Å². The van der Waals surface area contributed by atoms with Crippen LogP contribution in [0.2, 0.25) is 0 Å². The van der Waals surface area contributed by atoms with Gasteiger partial charge >= 0.3 is 0 Å². The molecule has 0 bridgehead atoms. The van der Waals surface area contributed by atoms with E-state index in [1.54, 1.807) is 29.5 Å². The van der Waals surface area contributed by atoms with E-state index in [1.165, 1.54) is 0 Å². The fourth-order valence-electron chi connectivity index (χ4n) is 3.71. The van der Waals surface area contributed by atoms with E-state index in [1.807, 2.05) is 25.3 Å². The number of aryl methyl sites for hydroxylation is 1. The lowest BCUT2D eigenvalue weighted by molar-refractivity contribution is 0.230. The van der Waals surface area contributed by atoms with Crippen molar-refractivity contribution in [3.8, 4) is 12.1 Å². The summed E-state index contributed by atoms with van der Waals surface area (Å²) in [4.78, 5) is 10.1. The van der Waals surface area contributed by atoms with Crippen molar-refractivity contribution in [2.75, 3.05) is 24.4 Å². The van der Waals surface area contributed by atoms with Crippen molar-refractivity contribution in [2.24, 2.45) is 0 Å². The van der Waals surface area contributed by atoms with Crippen LogP contribution in [0, 0.1) is 29.6 Å². The molecule has 1 aliphatic rings. The molecule has 0 radical (unpaired) electrons. The zero-order valence-electron chi connectivity index (χ0n) is 15.5. The second-order valence-corrected chi connectivity index (χ2v) is 9.12. The molecule has 142 valence electrons. The fraction of sp³-hybridized carbons (Fsp3) is 0.350. The highest BCUT2D eigenvalue weighted by molar-refractivity contribution is 8.02. The lowest BCUT2D eigenvalue weighted by atomic mass is 9.99. The summed E-state index contributed by atoms with van der Waals surface area (Å²) in [7, 11) is 0. The third-order valence-corrected chi connectivity index (χ3v) is 7.16. The monoisotopic (exact) mass is 408 g/mol. The summed E-state index contributed by atoms with van der Waals surface area (Å²) in [5.41, 5.74) is 3.66. The molecule has 2 N–H and O–H groups in total. The van der Waals surface area contributed by atoms with Gasteiger partial charge in [0.2, 0.25) is 0 Å². The number of rotatable bonds is 5. The minimum Gasteiger partial charge on any atom is -0.358 e. The summed E-state index contributed by atoms with van der Waals surface area (Å²) in [5.74, 6) is 0.411. The number of aromatic nitrogens is 2. The summed E-state index contributed by atoms with van der Waals surface area (Å²) in [6.45, 7) is 4.43. The molecule has 1 unspecified atom stereocenters. The lowest BCUT2D eigenvalue weighted by Gasteiger charge is -2.29. The lowest BCUT2D eigenvalue weighted by Crippen LogP contribution is -2.34. The Morgan fingerprint density at radius 2 is 2.32 bits per heavy atom. The van der Waals surface area contributed by atoms with E-state index in [0.717, 1.165) is 57.3 Å². The van der Waals surface area contributed by atoms with Gasteiger partial charge in [0.25, 0.3) is 0 Å². The van der Waals surface area contributed by atoms with Gasteiger partial charge in [0.05, 0.1) is 40.6 Å². The number of hydrogen-bond donors (Lipinski definition) is 2. The molecule has 0 amide bonds. The molecule has 1 atom stereocenters. The first-order chi connectivity index (χ1) is 13.7. The average molecular weight is 409 g/mol. The van der Waals surface area contributed by atoms with Gasteiger partial charge in [0.15, 0.2) is 0 Å². The van der Waals surface area contributed by atoms with E-state index in [9.17, 15) is 5.26 Å². The van der Waals surface area contributed by atoms with Crippen LogP contribution in [0.3, 0.4) is 0 Å². The average Bonchev–Trinajstić information content (AvgIpc) is 3.36. The van der Waals surface area contributed by atoms with Crippen LogP contribution in [0.1, 0.15) is 34.9 Å². The number of likely N-dealkylation sites (tertiary alicyclic amines) is 1. The van der Waals surface area contributed by atoms with Gasteiger partial charge in [-0.2, -0.15) is 10.5 Å². The Bertz CT molecular complexity index is 1070. The standard InChI is InChI=1S/C20H20N6S2/c1-13-4-5-16(19-18(13)15(9-22)10-23-19)25-28-17-11-24-20(27-17)14-3-2-7-26(12-14)8-6-21/h4-5,10-11,14,23,25H,2-3,7-8,12H2,1H3. The molecular formula is C20H20N6S2. The molecule has 1 saturated heterocycles. The number of thiazole rings is 1. The zero-order valence-corrected chi connectivity index (χ0v) is 17.2. The maximum atomic E-state index is 9.30. The molecule has 6 nitrogen and oxygen atoms in total. The quantitative estimate of drug-likeness (QED) is 0.472. The topological polar surface area (TPSA) is 91.5 Å². The Balaban J connectivity index is 1.46. The largest absolute Gasteiger partial charge is 0.358 e. The van der Waals surface area contributed by atoms with Crippen molar-refractivity contribution < 1.29 is 0 Å². The third-order valence-electron chi connectivity index (χ3n) is 5.08. The highest BCUT2D eigenvalue weighted by atomic mass is 32.2. The van der Waals surface area contributed by atoms with Crippen LogP contribution in [-0.2, 0) is 0 Å². The van der Waals surface area contributed by atoms with Gasteiger partial charge in [-0.1, -0.05) is 6.07 Å². The number of piperidine rings is 1. The third kappa shape index (κ3) is 3.72. The minimum absolute atomic E-state index is 0.411. The normalized spacial score (nSPS) is 17.3. The molecule has 0 aliphatic carbocycles. The van der Waals surface area contributed by atoms with Crippen LogP contribution in [0.4, 0.5) is 5.69 Å². The Morgan fingerprint density at radius 1 is 1.43 bits per heavy atom. The smallest absolute Gasteiger partial charge is 0.101 e. The second-order valence-electron chi connectivity index (χ2n) is 6.95. The van der Waals surface area contributed by atoms with E-state index in [0.29, 0.717) is 18.0 Å². The molecule has 0 saturated carbocycles. The Hall–Kier alpha value is -2.52. The summed E-state index contributed by atoms with van der Waals surface area (Å²) >= 11 is 3.26. The van der Waals surface area contributed by atoms with Crippen LogP contribution in [0.5, 0.6) is 0 Å². The molecule has 1 fully saturated rings. The number of nitrogens with zero attached hydrogens (tertiary/aromatic N) is 4. The van der Waals surface area contributed by atoms with Crippen molar-refractivity contribution in [3.05, 3.63) is 40.7 Å². The second kappa shape index (κ2) is 8.24. The highest BCUT2D eigenvalue weighted by Gasteiger charge is 2.23. The van der Waals surface area contributed by atoms with Crippen LogP contribution in [0.25, 0.3) is 10.9 Å². The fourth-order valence-corrected chi connectivity index (χ4v) is 5.52. The van der Waals surface area contributed by atoms with E-state index in [2.05, 4.69) is 31.7 Å². The van der Waals surface area contributed by atoms with E-state index >= 15 is 0 Å². The first-order valence-corrected chi connectivity index (χ1v) is 10.8. The van der Waals surface area contributed by atoms with Gasteiger partial charge in [0.1, 0.15) is 10.3 Å². The van der Waals surface area contributed by atoms with Gasteiger partial charge in [-0.05, 0) is 49.9 Å². The minimum atomic E-state index is 0.411. The molecule has 4 rings (SSSR count). The summed E-state index contributed by atoms with van der Waals surface area (Å²) in [6.07, 6.45) is 5.92. The van der Waals surface area contributed by atoms with Crippen molar-refractivity contribution in [3.63, 3.8) is 0 Å². The summed E-state index contributed by atoms with van der Waals surface area (Å²) in [5, 5.41) is 20.4. The maximum absolute atomic E-state index is 9.30. The number of hydrogen-bond acceptors (Lipinski definition) is 7. The maximum Gasteiger partial charge on any atom is 0.101 e. The molecule has 3 aromatic rings. The van der Waals surface area contributed by atoms with Crippen LogP contribution >= 0.6 is 23.3 Å². The predicted octanol–water partition coefficient (Wildman–Crippen LogP) is 4.63. The van der Waals surface area contributed by atoms with E-state index in [-0.39, 0.29) is 0 Å². The Kier molecular flexibility index (Phi) is 5.54. The number of anilines is 1. The van der Waals surface area contributed by atoms with E-state index < -0.39 is 0 Å². The first-order valence-electron chi connectivity index (χ1n) is 9.18. The molecule has 1 aliphatic heterocycles. The van der Waals surface area contributed by atoms with Gasteiger partial charge in [0, 0.05) is 24.0 Å². The van der Waals surface area contributed by atoms with E-state index in [4.69, 9.17) is 5.26 Å². The number of H-pyrrole nitrogens is 1. The summed E-state index contributed by atoms with van der Waals surface area (Å²) in [6, 6.07) is 8.56. The van der Waals surface area contributed by atoms with Crippen molar-refractivity contribution in [2.45, 2.75) is 29.9 Å². The SMILES string of the molecule is Cc1ccc(NSc2cnc(C3CCCN(CC#N)C3)s2)c2[nH]cc(C#N)c12. The molecule has 2 aromatic heterocycles. The Morgan fingerprint density at radius 3 is 3.14 bits per heavy atom. The number of fused-ring (bicyclic) bond motifs is 1. The number of nitrogens with one attached hydrogen (secondary N) is 2. The molecular weight excluding hydrogens is 388 g/mol. The van der Waals surface area contributed by atoms with Crippen LogP contribution in [-0.4, -0.2) is 34.5 Å². The first kappa shape index (κ1) is 18.8. The summed E-state index contributed by atoms with van der Waals surface area (Å²) < 4.78 is 4.51. The number of aromatic amines is 1. The zero-order chi connectivity index (χ0) is 19.5. The van der Waals surface area contributed by atoms with Crippen molar-refractivity contribution in [1.82, 2.24) is 14.9 Å². The van der Waals surface area contributed by atoms with Gasteiger partial charge < -0.3 is 9.71 Å². The molecule has 1 aromatic carbocycles. The van der Waals surface area contributed by atoms with Gasteiger partial charge in [-0.3, -0.25) is 4.90 Å².